The number of halogens is 1. The van der Waals surface area contributed by atoms with Gasteiger partial charge in [0.05, 0.1) is 6.20 Å². The summed E-state index contributed by atoms with van der Waals surface area (Å²) in [5.41, 5.74) is 1.06. The SMILES string of the molecule is O=Cc1cnc2c3cc(F)ccc3ccn12. The van der Waals surface area contributed by atoms with Crippen LogP contribution in [0.25, 0.3) is 16.4 Å². The zero-order valence-electron chi connectivity index (χ0n) is 8.22. The molecule has 0 bridgehead atoms. The number of hydrogen-bond donors (Lipinski definition) is 0. The maximum absolute atomic E-state index is 13.1. The number of aldehydes is 1. The Morgan fingerprint density at radius 3 is 3.00 bits per heavy atom. The Labute approximate surface area is 90.1 Å². The average Bonchev–Trinajstić information content (AvgIpc) is 2.72. The van der Waals surface area contributed by atoms with E-state index in [1.54, 1.807) is 16.7 Å². The summed E-state index contributed by atoms with van der Waals surface area (Å²) in [4.78, 5) is 14.9. The van der Waals surface area contributed by atoms with Crippen molar-refractivity contribution in [2.45, 2.75) is 0 Å². The summed E-state index contributed by atoms with van der Waals surface area (Å²) in [6.45, 7) is 0. The Bertz CT molecular complexity index is 703. The largest absolute Gasteiger partial charge is 0.297 e. The summed E-state index contributed by atoms with van der Waals surface area (Å²) in [7, 11) is 0. The first-order chi connectivity index (χ1) is 7.79. The number of aromatic nitrogens is 2. The predicted molar refractivity (Wildman–Crippen MR) is 58.0 cm³/mol. The molecule has 3 nitrogen and oxygen atoms in total. The molecule has 0 aliphatic heterocycles. The maximum Gasteiger partial charge on any atom is 0.168 e. The lowest BCUT2D eigenvalue weighted by atomic mass is 10.1. The van der Waals surface area contributed by atoms with E-state index in [4.69, 9.17) is 0 Å². The number of nitrogens with zero attached hydrogens (tertiary/aromatic N) is 2. The van der Waals surface area contributed by atoms with Crippen LogP contribution in [0.15, 0.2) is 36.7 Å². The quantitative estimate of drug-likeness (QED) is 0.583. The summed E-state index contributed by atoms with van der Waals surface area (Å²) in [6, 6.07) is 6.35. The van der Waals surface area contributed by atoms with Crippen molar-refractivity contribution >= 4 is 22.7 Å². The predicted octanol–water partition coefficient (Wildman–Crippen LogP) is 2.44. The van der Waals surface area contributed by atoms with E-state index in [1.807, 2.05) is 6.07 Å². The molecule has 0 fully saturated rings. The highest BCUT2D eigenvalue weighted by molar-refractivity contribution is 5.95. The molecule has 1 aromatic carbocycles. The van der Waals surface area contributed by atoms with Gasteiger partial charge in [-0.05, 0) is 23.6 Å². The van der Waals surface area contributed by atoms with Crippen molar-refractivity contribution in [3.05, 3.63) is 48.2 Å². The fourth-order valence-corrected chi connectivity index (χ4v) is 1.84. The first-order valence-electron chi connectivity index (χ1n) is 4.80. The second-order valence-electron chi connectivity index (χ2n) is 3.54. The molecule has 0 saturated heterocycles. The number of hydrogen-bond acceptors (Lipinski definition) is 2. The van der Waals surface area contributed by atoms with Gasteiger partial charge in [-0.3, -0.25) is 9.20 Å². The van der Waals surface area contributed by atoms with Gasteiger partial charge in [0.15, 0.2) is 6.29 Å². The van der Waals surface area contributed by atoms with Gasteiger partial charge in [0.2, 0.25) is 0 Å². The van der Waals surface area contributed by atoms with Gasteiger partial charge >= 0.3 is 0 Å². The maximum atomic E-state index is 13.1. The Hall–Kier alpha value is -2.23. The zero-order chi connectivity index (χ0) is 11.1. The molecule has 2 heterocycles. The van der Waals surface area contributed by atoms with Gasteiger partial charge < -0.3 is 0 Å². The number of rotatable bonds is 1. The molecule has 0 unspecified atom stereocenters. The molecule has 78 valence electrons. The minimum Gasteiger partial charge on any atom is -0.297 e. The number of fused-ring (bicyclic) bond motifs is 3. The van der Waals surface area contributed by atoms with Crippen LogP contribution in [-0.4, -0.2) is 15.7 Å². The van der Waals surface area contributed by atoms with Gasteiger partial charge in [0, 0.05) is 11.6 Å². The lowest BCUT2D eigenvalue weighted by Gasteiger charge is -2.01. The second kappa shape index (κ2) is 3.13. The van der Waals surface area contributed by atoms with Crippen LogP contribution in [0.5, 0.6) is 0 Å². The minimum absolute atomic E-state index is 0.309. The molecule has 4 heteroatoms. The van der Waals surface area contributed by atoms with Crippen LogP contribution in [0.2, 0.25) is 0 Å². The van der Waals surface area contributed by atoms with Gasteiger partial charge in [-0.15, -0.1) is 0 Å². The van der Waals surface area contributed by atoms with Gasteiger partial charge in [0.25, 0.3) is 0 Å². The number of carbonyl (C=O) groups excluding carboxylic acids is 1. The summed E-state index contributed by atoms with van der Waals surface area (Å²) in [5.74, 6) is -0.309. The van der Waals surface area contributed by atoms with Crippen molar-refractivity contribution < 1.29 is 9.18 Å². The first kappa shape index (κ1) is 9.03. The summed E-state index contributed by atoms with van der Waals surface area (Å²) in [5, 5.41) is 1.60. The Balaban J connectivity index is 2.53. The lowest BCUT2D eigenvalue weighted by molar-refractivity contribution is 0.111. The molecule has 2 aromatic heterocycles. The topological polar surface area (TPSA) is 34.4 Å². The fraction of sp³-hybridized carbons (Fsp3) is 0. The number of carbonyl (C=O) groups is 1. The average molecular weight is 214 g/mol. The molecule has 0 atom stereocenters. The molecule has 0 saturated carbocycles. The molecule has 0 amide bonds. The van der Waals surface area contributed by atoms with E-state index >= 15 is 0 Å². The molecular weight excluding hydrogens is 207 g/mol. The number of pyridine rings is 1. The van der Waals surface area contributed by atoms with Gasteiger partial charge in [-0.25, -0.2) is 9.37 Å². The summed E-state index contributed by atoms with van der Waals surface area (Å²) in [6.07, 6.45) is 3.96. The molecule has 3 aromatic rings. The molecule has 0 N–H and O–H groups in total. The van der Waals surface area contributed by atoms with E-state index < -0.39 is 0 Å². The molecule has 0 radical (unpaired) electrons. The third-order valence-electron chi connectivity index (χ3n) is 2.61. The third-order valence-corrected chi connectivity index (χ3v) is 2.61. The van der Waals surface area contributed by atoms with E-state index in [0.717, 1.165) is 11.7 Å². The van der Waals surface area contributed by atoms with E-state index in [9.17, 15) is 9.18 Å². The second-order valence-corrected chi connectivity index (χ2v) is 3.54. The van der Waals surface area contributed by atoms with Gasteiger partial charge in [-0.2, -0.15) is 0 Å². The van der Waals surface area contributed by atoms with Crippen LogP contribution in [0.1, 0.15) is 10.5 Å². The van der Waals surface area contributed by atoms with Crippen molar-refractivity contribution in [3.8, 4) is 0 Å². The fourth-order valence-electron chi connectivity index (χ4n) is 1.84. The highest BCUT2D eigenvalue weighted by Crippen LogP contribution is 2.20. The van der Waals surface area contributed by atoms with E-state index in [1.165, 1.54) is 18.3 Å². The Morgan fingerprint density at radius 1 is 1.31 bits per heavy atom. The van der Waals surface area contributed by atoms with E-state index in [0.29, 0.717) is 16.7 Å². The van der Waals surface area contributed by atoms with Crippen molar-refractivity contribution in [1.29, 1.82) is 0 Å². The van der Waals surface area contributed by atoms with Crippen LogP contribution in [0.4, 0.5) is 4.39 Å². The number of imidazole rings is 1. The lowest BCUT2D eigenvalue weighted by Crippen LogP contribution is -1.91. The number of benzene rings is 1. The normalized spacial score (nSPS) is 11.1. The molecule has 0 spiro atoms. The molecule has 3 rings (SSSR count). The van der Waals surface area contributed by atoms with Crippen molar-refractivity contribution in [3.63, 3.8) is 0 Å². The zero-order valence-corrected chi connectivity index (χ0v) is 8.22. The van der Waals surface area contributed by atoms with Crippen LogP contribution in [0, 0.1) is 5.82 Å². The highest BCUT2D eigenvalue weighted by atomic mass is 19.1. The monoisotopic (exact) mass is 214 g/mol. The van der Waals surface area contributed by atoms with Gasteiger partial charge in [0.1, 0.15) is 17.2 Å². The van der Waals surface area contributed by atoms with Gasteiger partial charge in [-0.1, -0.05) is 6.07 Å². The standard InChI is InChI=1S/C12H7FN2O/c13-9-2-1-8-3-4-15-10(7-16)6-14-12(15)11(8)5-9/h1-7H. The van der Waals surface area contributed by atoms with Crippen LogP contribution < -0.4 is 0 Å². The summed E-state index contributed by atoms with van der Waals surface area (Å²) >= 11 is 0. The van der Waals surface area contributed by atoms with Crippen molar-refractivity contribution in [2.75, 3.05) is 0 Å². The Kier molecular flexibility index (Phi) is 1.77. The van der Waals surface area contributed by atoms with Crippen LogP contribution in [0.3, 0.4) is 0 Å². The van der Waals surface area contributed by atoms with Crippen LogP contribution in [-0.2, 0) is 0 Å². The highest BCUT2D eigenvalue weighted by Gasteiger charge is 2.06. The van der Waals surface area contributed by atoms with Crippen molar-refractivity contribution in [1.82, 2.24) is 9.38 Å². The first-order valence-corrected chi connectivity index (χ1v) is 4.80. The molecule has 16 heavy (non-hydrogen) atoms. The van der Waals surface area contributed by atoms with E-state index in [-0.39, 0.29) is 5.82 Å². The van der Waals surface area contributed by atoms with Crippen molar-refractivity contribution in [2.24, 2.45) is 0 Å². The molecule has 0 aliphatic rings. The third kappa shape index (κ3) is 1.13. The smallest absolute Gasteiger partial charge is 0.168 e. The van der Waals surface area contributed by atoms with Crippen LogP contribution >= 0.6 is 0 Å². The molecule has 0 aliphatic carbocycles. The minimum atomic E-state index is -0.309. The van der Waals surface area contributed by atoms with E-state index in [2.05, 4.69) is 4.98 Å². The molecular formula is C12H7FN2O. The Morgan fingerprint density at radius 2 is 2.19 bits per heavy atom. The summed E-state index contributed by atoms with van der Waals surface area (Å²) < 4.78 is 14.8.